The molecule has 3 aromatic rings. The lowest BCUT2D eigenvalue weighted by molar-refractivity contribution is -0.124. The summed E-state index contributed by atoms with van der Waals surface area (Å²) >= 11 is 2.39. The average molecular weight is 433 g/mol. The minimum absolute atomic E-state index is 0.100. The van der Waals surface area contributed by atoms with E-state index in [1.54, 1.807) is 12.1 Å². The van der Waals surface area contributed by atoms with Gasteiger partial charge in [0.05, 0.1) is 0 Å². The van der Waals surface area contributed by atoms with Gasteiger partial charge in [0.2, 0.25) is 5.91 Å². The fourth-order valence-electron chi connectivity index (χ4n) is 2.70. The first-order valence-electron chi connectivity index (χ1n) is 9.04. The van der Waals surface area contributed by atoms with E-state index in [1.807, 2.05) is 32.2 Å². The van der Waals surface area contributed by atoms with Crippen LogP contribution in [0.1, 0.15) is 48.6 Å². The fourth-order valence-corrected chi connectivity index (χ4v) is 3.94. The van der Waals surface area contributed by atoms with Crippen LogP contribution in [0.25, 0.3) is 0 Å². The molecule has 29 heavy (non-hydrogen) atoms. The Bertz CT molecular complexity index is 974. The van der Waals surface area contributed by atoms with Gasteiger partial charge in [0.25, 0.3) is 5.91 Å². The van der Waals surface area contributed by atoms with Gasteiger partial charge in [-0.3, -0.25) is 14.5 Å². The van der Waals surface area contributed by atoms with Crippen molar-refractivity contribution in [3.8, 4) is 0 Å². The Morgan fingerprint density at radius 2 is 2.07 bits per heavy atom. The predicted molar refractivity (Wildman–Crippen MR) is 113 cm³/mol. The lowest BCUT2D eigenvalue weighted by Crippen LogP contribution is -2.50. The summed E-state index contributed by atoms with van der Waals surface area (Å²) in [6, 6.07) is 8.24. The number of carbonyl (C=O) groups is 2. The van der Waals surface area contributed by atoms with Crippen molar-refractivity contribution in [2.24, 2.45) is 0 Å². The van der Waals surface area contributed by atoms with Crippen molar-refractivity contribution in [3.63, 3.8) is 0 Å². The van der Waals surface area contributed by atoms with Gasteiger partial charge in [-0.05, 0) is 61.4 Å². The van der Waals surface area contributed by atoms with Crippen molar-refractivity contribution in [1.29, 1.82) is 0 Å². The summed E-state index contributed by atoms with van der Waals surface area (Å²) in [6.07, 6.45) is 0.708. The van der Waals surface area contributed by atoms with Crippen LogP contribution in [-0.4, -0.2) is 26.9 Å². The van der Waals surface area contributed by atoms with Crippen LogP contribution in [0.2, 0.25) is 0 Å². The van der Waals surface area contributed by atoms with Crippen LogP contribution in [-0.2, 0) is 4.79 Å². The number of rotatable bonds is 7. The van der Waals surface area contributed by atoms with Gasteiger partial charge >= 0.3 is 0 Å². The maximum atomic E-state index is 14.0. The molecular weight excluding hydrogens is 411 g/mol. The minimum Gasteiger partial charge on any atom is -0.349 e. The number of hydrogen-bond acceptors (Lipinski definition) is 6. The van der Waals surface area contributed by atoms with Gasteiger partial charge in [0.1, 0.15) is 5.82 Å². The second kappa shape index (κ2) is 8.79. The zero-order valence-electron chi connectivity index (χ0n) is 16.3. The highest BCUT2D eigenvalue weighted by atomic mass is 32.1. The summed E-state index contributed by atoms with van der Waals surface area (Å²) in [5.74, 6) is -1.37. The molecule has 0 fully saturated rings. The lowest BCUT2D eigenvalue weighted by atomic mass is 10.0. The van der Waals surface area contributed by atoms with E-state index in [9.17, 15) is 14.0 Å². The Morgan fingerprint density at radius 1 is 1.28 bits per heavy atom. The quantitative estimate of drug-likeness (QED) is 0.599. The summed E-state index contributed by atoms with van der Waals surface area (Å²) in [7, 11) is 0. The Morgan fingerprint density at radius 3 is 2.66 bits per heavy atom. The summed E-state index contributed by atoms with van der Waals surface area (Å²) in [6.45, 7) is 5.79. The van der Waals surface area contributed by atoms with E-state index in [0.29, 0.717) is 11.3 Å². The number of halogens is 1. The average Bonchev–Trinajstić information content (AvgIpc) is 3.39. The number of amides is 2. The number of benzene rings is 1. The molecule has 3 rings (SSSR count). The molecule has 2 amide bonds. The molecule has 0 bridgehead atoms. The molecule has 0 saturated heterocycles. The third kappa shape index (κ3) is 4.86. The van der Waals surface area contributed by atoms with E-state index in [2.05, 4.69) is 14.9 Å². The molecule has 2 heterocycles. The Kier molecular flexibility index (Phi) is 6.39. The first kappa shape index (κ1) is 21.1. The highest BCUT2D eigenvalue weighted by molar-refractivity contribution is 7.10. The molecule has 0 saturated carbocycles. The minimum atomic E-state index is -0.975. The van der Waals surface area contributed by atoms with Crippen molar-refractivity contribution in [2.75, 3.05) is 4.90 Å². The SMILES string of the molecule is CCC(C)(C)NC(=O)[C@@H](c1cccs1)N(C(=O)c1csnn1)c1cccc(F)c1. The number of hydrogen-bond donors (Lipinski definition) is 1. The third-order valence-corrected chi connectivity index (χ3v) is 5.98. The molecule has 1 atom stereocenters. The molecule has 0 aliphatic rings. The standard InChI is InChI=1S/C20H21FN4O2S2/c1-4-20(2,3)22-18(26)17(16-9-6-10-28-16)25(14-8-5-7-13(21)11-14)19(27)15-12-29-24-23-15/h5-12,17H,4H2,1-3H3,(H,22,26)/t17-/m1/s1. The monoisotopic (exact) mass is 432 g/mol. The van der Waals surface area contributed by atoms with E-state index < -0.39 is 23.3 Å². The maximum absolute atomic E-state index is 14.0. The molecule has 1 N–H and O–H groups in total. The molecule has 9 heteroatoms. The topological polar surface area (TPSA) is 75.2 Å². The maximum Gasteiger partial charge on any atom is 0.280 e. The van der Waals surface area contributed by atoms with E-state index in [-0.39, 0.29) is 17.3 Å². The van der Waals surface area contributed by atoms with Gasteiger partial charge in [-0.25, -0.2) is 4.39 Å². The van der Waals surface area contributed by atoms with E-state index >= 15 is 0 Å². The van der Waals surface area contributed by atoms with Crippen LogP contribution < -0.4 is 10.2 Å². The van der Waals surface area contributed by atoms with Crippen molar-refractivity contribution >= 4 is 40.4 Å². The van der Waals surface area contributed by atoms with Crippen LogP contribution in [0, 0.1) is 5.82 Å². The number of aromatic nitrogens is 2. The molecule has 152 valence electrons. The van der Waals surface area contributed by atoms with E-state index in [1.165, 1.54) is 39.8 Å². The van der Waals surface area contributed by atoms with Crippen LogP contribution in [0.3, 0.4) is 0 Å². The lowest BCUT2D eigenvalue weighted by Gasteiger charge is -2.33. The molecule has 2 aromatic heterocycles. The highest BCUT2D eigenvalue weighted by Crippen LogP contribution is 2.33. The highest BCUT2D eigenvalue weighted by Gasteiger charge is 2.37. The second-order valence-corrected chi connectivity index (χ2v) is 8.68. The first-order chi connectivity index (χ1) is 13.8. The smallest absolute Gasteiger partial charge is 0.280 e. The first-order valence-corrected chi connectivity index (χ1v) is 10.8. The molecular formula is C20H21FN4O2S2. The normalized spacial score (nSPS) is 12.4. The van der Waals surface area contributed by atoms with Crippen molar-refractivity contribution in [1.82, 2.24) is 14.9 Å². The molecule has 6 nitrogen and oxygen atoms in total. The Labute approximate surface area is 176 Å². The van der Waals surface area contributed by atoms with Crippen molar-refractivity contribution in [2.45, 2.75) is 38.8 Å². The van der Waals surface area contributed by atoms with E-state index in [0.717, 1.165) is 11.5 Å². The summed E-state index contributed by atoms with van der Waals surface area (Å²) < 4.78 is 17.8. The third-order valence-electron chi connectivity index (χ3n) is 4.55. The van der Waals surface area contributed by atoms with Crippen LogP contribution >= 0.6 is 22.9 Å². The summed E-state index contributed by atoms with van der Waals surface area (Å²) in [4.78, 5) is 28.6. The molecule has 0 radical (unpaired) electrons. The van der Waals surface area contributed by atoms with Crippen LogP contribution in [0.15, 0.2) is 47.2 Å². The number of carbonyl (C=O) groups excluding carboxylic acids is 2. The summed E-state index contributed by atoms with van der Waals surface area (Å²) in [5, 5.41) is 10.2. The summed E-state index contributed by atoms with van der Waals surface area (Å²) in [5.41, 5.74) is -0.0972. The van der Waals surface area contributed by atoms with Gasteiger partial charge in [-0.2, -0.15) is 0 Å². The largest absolute Gasteiger partial charge is 0.349 e. The van der Waals surface area contributed by atoms with Gasteiger partial charge in [0, 0.05) is 21.5 Å². The van der Waals surface area contributed by atoms with Gasteiger partial charge in [0.15, 0.2) is 11.7 Å². The zero-order chi connectivity index (χ0) is 21.0. The predicted octanol–water partition coefficient (Wildman–Crippen LogP) is 4.43. The zero-order valence-corrected chi connectivity index (χ0v) is 17.9. The van der Waals surface area contributed by atoms with Gasteiger partial charge in [-0.15, -0.1) is 16.4 Å². The molecule has 0 aliphatic carbocycles. The van der Waals surface area contributed by atoms with E-state index in [4.69, 9.17) is 0 Å². The Balaban J connectivity index is 2.12. The van der Waals surface area contributed by atoms with Crippen molar-refractivity contribution < 1.29 is 14.0 Å². The molecule has 0 aliphatic heterocycles. The van der Waals surface area contributed by atoms with Gasteiger partial charge in [-0.1, -0.05) is 23.5 Å². The Hall–Kier alpha value is -2.65. The molecule has 0 unspecified atom stereocenters. The van der Waals surface area contributed by atoms with Gasteiger partial charge < -0.3 is 5.32 Å². The van der Waals surface area contributed by atoms with Crippen molar-refractivity contribution in [3.05, 3.63) is 63.5 Å². The number of nitrogens with one attached hydrogen (secondary N) is 1. The number of nitrogens with zero attached hydrogens (tertiary/aromatic N) is 3. The second-order valence-electron chi connectivity index (χ2n) is 7.09. The van der Waals surface area contributed by atoms with Crippen LogP contribution in [0.5, 0.6) is 0 Å². The fraction of sp³-hybridized carbons (Fsp3) is 0.300. The number of anilines is 1. The molecule has 1 aromatic carbocycles. The van der Waals surface area contributed by atoms with Crippen LogP contribution in [0.4, 0.5) is 10.1 Å². The number of thiophene rings is 1. The molecule has 0 spiro atoms.